The Morgan fingerprint density at radius 1 is 1.35 bits per heavy atom. The third-order valence-corrected chi connectivity index (χ3v) is 4.19. The summed E-state index contributed by atoms with van der Waals surface area (Å²) in [4.78, 5) is 14.3. The van der Waals surface area contributed by atoms with Crippen LogP contribution in [0.2, 0.25) is 0 Å². The molecule has 0 saturated carbocycles. The van der Waals surface area contributed by atoms with Gasteiger partial charge < -0.3 is 15.3 Å². The molecule has 0 heterocycles. The van der Waals surface area contributed by atoms with E-state index in [0.717, 1.165) is 10.1 Å². The molecule has 0 atom stereocenters. The molecule has 0 aliphatic carbocycles. The molecule has 0 aromatic heterocycles. The zero-order chi connectivity index (χ0) is 15.5. The summed E-state index contributed by atoms with van der Waals surface area (Å²) in [6.07, 6.45) is 0. The van der Waals surface area contributed by atoms with Crippen molar-refractivity contribution in [3.8, 4) is 5.75 Å². The zero-order valence-corrected chi connectivity index (χ0v) is 16.4. The highest BCUT2D eigenvalue weighted by Gasteiger charge is 2.21. The van der Waals surface area contributed by atoms with Crippen molar-refractivity contribution >= 4 is 51.1 Å². The number of rotatable bonds is 5. The van der Waals surface area contributed by atoms with Gasteiger partial charge in [0.1, 0.15) is 5.75 Å². The van der Waals surface area contributed by atoms with Crippen molar-refractivity contribution in [1.82, 2.24) is 10.2 Å². The van der Waals surface area contributed by atoms with Crippen LogP contribution in [0.25, 0.3) is 0 Å². The minimum Gasteiger partial charge on any atom is -0.506 e. The first-order valence-corrected chi connectivity index (χ1v) is 8.39. The van der Waals surface area contributed by atoms with E-state index in [1.807, 2.05) is 42.8 Å². The van der Waals surface area contributed by atoms with Crippen LogP contribution in [0.3, 0.4) is 0 Å². The van der Waals surface area contributed by atoms with Gasteiger partial charge in [0, 0.05) is 16.7 Å². The maximum absolute atomic E-state index is 12.2. The van der Waals surface area contributed by atoms with Crippen molar-refractivity contribution in [1.29, 1.82) is 0 Å². The van der Waals surface area contributed by atoms with Crippen LogP contribution in [-0.4, -0.2) is 43.1 Å². The summed E-state index contributed by atoms with van der Waals surface area (Å²) in [7, 11) is 4.02. The Kier molecular flexibility index (Phi) is 6.52. The van der Waals surface area contributed by atoms with Crippen LogP contribution in [0, 0.1) is 12.6 Å². The molecule has 1 rings (SSSR count). The molecule has 1 aromatic carbocycles. The molecule has 0 bridgehead atoms. The predicted octanol–water partition coefficient (Wildman–Crippen LogP) is 2.92. The van der Waals surface area contributed by atoms with E-state index in [9.17, 15) is 9.90 Å². The lowest BCUT2D eigenvalue weighted by molar-refractivity contribution is 0.0926. The largest absolute Gasteiger partial charge is 0.506 e. The van der Waals surface area contributed by atoms with Gasteiger partial charge in [0.25, 0.3) is 5.91 Å². The van der Waals surface area contributed by atoms with Gasteiger partial charge in [-0.05, 0) is 76.8 Å². The van der Waals surface area contributed by atoms with E-state index >= 15 is 0 Å². The molecule has 1 aromatic rings. The molecular weight excluding hydrogens is 482 g/mol. The summed E-state index contributed by atoms with van der Waals surface area (Å²) < 4.78 is 1.62. The van der Waals surface area contributed by atoms with Crippen LogP contribution in [-0.2, 0) is 0 Å². The Hall–Kier alpha value is -0.0900. The second-order valence-electron chi connectivity index (χ2n) is 5.87. The van der Waals surface area contributed by atoms with Gasteiger partial charge in [0.05, 0.1) is 9.13 Å². The molecular formula is C14H20I2N2O2. The molecule has 4 nitrogen and oxygen atoms in total. The van der Waals surface area contributed by atoms with Crippen LogP contribution in [0.15, 0.2) is 12.1 Å². The first kappa shape index (κ1) is 18.0. The lowest BCUT2D eigenvalue weighted by Gasteiger charge is -2.28. The maximum Gasteiger partial charge on any atom is 0.255 e. The first-order chi connectivity index (χ1) is 9.12. The normalized spacial score (nSPS) is 11.8. The van der Waals surface area contributed by atoms with Gasteiger partial charge in [-0.25, -0.2) is 0 Å². The molecule has 20 heavy (non-hydrogen) atoms. The van der Waals surface area contributed by atoms with Gasteiger partial charge in [-0.2, -0.15) is 0 Å². The van der Waals surface area contributed by atoms with Crippen LogP contribution in [0.4, 0.5) is 0 Å². The number of hydrogen-bond acceptors (Lipinski definition) is 3. The van der Waals surface area contributed by atoms with E-state index in [2.05, 4.69) is 46.7 Å². The number of halogens is 2. The van der Waals surface area contributed by atoms with Gasteiger partial charge in [0.2, 0.25) is 0 Å². The lowest BCUT2D eigenvalue weighted by Crippen LogP contribution is -2.40. The molecule has 2 N–H and O–H groups in total. The predicted molar refractivity (Wildman–Crippen MR) is 98.2 cm³/mol. The van der Waals surface area contributed by atoms with Crippen molar-refractivity contribution in [2.45, 2.75) is 13.8 Å². The van der Waals surface area contributed by atoms with Gasteiger partial charge >= 0.3 is 0 Å². The summed E-state index contributed by atoms with van der Waals surface area (Å²) in [5.74, 6) is -0.181. The van der Waals surface area contributed by atoms with Crippen LogP contribution in [0.5, 0.6) is 5.75 Å². The van der Waals surface area contributed by atoms with Gasteiger partial charge in [-0.1, -0.05) is 13.8 Å². The molecule has 6 heteroatoms. The molecule has 112 valence electrons. The highest BCUT2D eigenvalue weighted by Crippen LogP contribution is 2.27. The van der Waals surface area contributed by atoms with Crippen molar-refractivity contribution < 1.29 is 9.90 Å². The Bertz CT molecular complexity index is 502. The molecule has 0 aliphatic heterocycles. The van der Waals surface area contributed by atoms with Crippen LogP contribution in [0.1, 0.15) is 24.2 Å². The minimum absolute atomic E-state index is 0.0239. The molecule has 0 saturated heterocycles. The van der Waals surface area contributed by atoms with Crippen LogP contribution >= 0.6 is 45.2 Å². The SMILES string of the molecule is CN(C)CC(C)(C)CNC(=O)c1cc(I)cc(I)c1O. The fourth-order valence-corrected chi connectivity index (χ4v) is 3.91. The first-order valence-electron chi connectivity index (χ1n) is 6.23. The van der Waals surface area contributed by atoms with Crippen LogP contribution < -0.4 is 5.32 Å². The van der Waals surface area contributed by atoms with Gasteiger partial charge in [0.15, 0.2) is 0 Å². The van der Waals surface area contributed by atoms with E-state index in [-0.39, 0.29) is 17.1 Å². The minimum atomic E-state index is -0.231. The average molecular weight is 502 g/mol. The highest BCUT2D eigenvalue weighted by atomic mass is 127. The number of aromatic hydroxyl groups is 1. The highest BCUT2D eigenvalue weighted by molar-refractivity contribution is 14.1. The van der Waals surface area contributed by atoms with E-state index in [0.29, 0.717) is 15.7 Å². The topological polar surface area (TPSA) is 52.6 Å². The summed E-state index contributed by atoms with van der Waals surface area (Å²) >= 11 is 4.17. The molecule has 0 fully saturated rings. The number of benzene rings is 1. The fraction of sp³-hybridized carbons (Fsp3) is 0.500. The smallest absolute Gasteiger partial charge is 0.255 e. The van der Waals surface area contributed by atoms with E-state index in [1.165, 1.54) is 0 Å². The van der Waals surface area contributed by atoms with E-state index in [4.69, 9.17) is 0 Å². The Morgan fingerprint density at radius 3 is 2.50 bits per heavy atom. The second kappa shape index (κ2) is 7.26. The third kappa shape index (κ3) is 5.36. The number of amides is 1. The number of nitrogens with zero attached hydrogens (tertiary/aromatic N) is 1. The van der Waals surface area contributed by atoms with Crippen molar-refractivity contribution in [3.05, 3.63) is 24.8 Å². The molecule has 0 radical (unpaired) electrons. The molecule has 0 unspecified atom stereocenters. The van der Waals surface area contributed by atoms with Gasteiger partial charge in [-0.15, -0.1) is 0 Å². The number of carbonyl (C=O) groups is 1. The van der Waals surface area contributed by atoms with Crippen molar-refractivity contribution in [2.24, 2.45) is 5.41 Å². The quantitative estimate of drug-likeness (QED) is 0.610. The number of nitrogens with one attached hydrogen (secondary N) is 1. The van der Waals surface area contributed by atoms with Gasteiger partial charge in [-0.3, -0.25) is 4.79 Å². The molecule has 0 aliphatic rings. The second-order valence-corrected chi connectivity index (χ2v) is 8.28. The summed E-state index contributed by atoms with van der Waals surface area (Å²) in [6.45, 7) is 5.64. The average Bonchev–Trinajstić information content (AvgIpc) is 2.29. The summed E-state index contributed by atoms with van der Waals surface area (Å²) in [5, 5.41) is 12.9. The Labute approximate surface area is 147 Å². The van der Waals surface area contributed by atoms with Crippen molar-refractivity contribution in [3.63, 3.8) is 0 Å². The van der Waals surface area contributed by atoms with Crippen molar-refractivity contribution in [2.75, 3.05) is 27.2 Å². The monoisotopic (exact) mass is 502 g/mol. The Balaban J connectivity index is 2.78. The number of hydrogen-bond donors (Lipinski definition) is 2. The van der Waals surface area contributed by atoms with E-state index in [1.54, 1.807) is 6.07 Å². The zero-order valence-electron chi connectivity index (χ0n) is 12.1. The Morgan fingerprint density at radius 2 is 1.95 bits per heavy atom. The number of phenols is 1. The fourth-order valence-electron chi connectivity index (χ4n) is 2.07. The lowest BCUT2D eigenvalue weighted by atomic mass is 9.93. The molecule has 0 spiro atoms. The molecule has 1 amide bonds. The number of phenolic OH excluding ortho intramolecular Hbond substituents is 1. The maximum atomic E-state index is 12.2. The summed E-state index contributed by atoms with van der Waals surface area (Å²) in [6, 6.07) is 3.54. The van der Waals surface area contributed by atoms with E-state index < -0.39 is 0 Å². The standard InChI is InChI=1S/C14H20I2N2O2/c1-14(2,8-18(3)4)7-17-13(20)10-5-9(15)6-11(16)12(10)19/h5-6,19H,7-8H2,1-4H3,(H,17,20). The number of carbonyl (C=O) groups excluding carboxylic acids is 1. The summed E-state index contributed by atoms with van der Waals surface area (Å²) in [5.41, 5.74) is 0.311. The third-order valence-electron chi connectivity index (χ3n) is 2.74.